The number of nitrogens with two attached hydrogens (primary N) is 1. The third-order valence-corrected chi connectivity index (χ3v) is 4.96. The van der Waals surface area contributed by atoms with Gasteiger partial charge in [-0.05, 0) is 36.6 Å². The number of nitrogens with zero attached hydrogens (tertiary/aromatic N) is 4. The van der Waals surface area contributed by atoms with Crippen molar-refractivity contribution in [3.8, 4) is 11.5 Å². The van der Waals surface area contributed by atoms with Crippen LogP contribution in [0, 0.1) is 0 Å². The average Bonchev–Trinajstić information content (AvgIpc) is 3.28. The summed E-state index contributed by atoms with van der Waals surface area (Å²) in [4.78, 5) is 8.61. The van der Waals surface area contributed by atoms with Crippen LogP contribution in [0.5, 0.6) is 0 Å². The van der Waals surface area contributed by atoms with E-state index in [0.29, 0.717) is 22.8 Å². The molecule has 0 aliphatic heterocycles. The summed E-state index contributed by atoms with van der Waals surface area (Å²) in [6, 6.07) is 7.78. The molecule has 0 aliphatic rings. The summed E-state index contributed by atoms with van der Waals surface area (Å²) in [6.45, 7) is 0.156. The van der Waals surface area contributed by atoms with Crippen LogP contribution >= 0.6 is 11.8 Å². The Balaban J connectivity index is 1.70. The minimum absolute atomic E-state index is 0.0353. The van der Waals surface area contributed by atoms with Crippen LogP contribution in [-0.4, -0.2) is 25.9 Å². The molecule has 0 aliphatic carbocycles. The van der Waals surface area contributed by atoms with Crippen LogP contribution in [0.2, 0.25) is 0 Å². The highest BCUT2D eigenvalue weighted by Crippen LogP contribution is 2.39. The Hall–Kier alpha value is -3.01. The van der Waals surface area contributed by atoms with E-state index in [2.05, 4.69) is 15.1 Å². The van der Waals surface area contributed by atoms with Crippen molar-refractivity contribution < 1.29 is 17.7 Å². The van der Waals surface area contributed by atoms with Gasteiger partial charge in [0.1, 0.15) is 5.03 Å². The molecule has 0 amide bonds. The molecule has 0 saturated carbocycles. The number of hydrogen-bond acceptors (Lipinski definition) is 6. The number of thioether (sulfide) groups is 1. The van der Waals surface area contributed by atoms with Gasteiger partial charge in [-0.1, -0.05) is 5.16 Å². The van der Waals surface area contributed by atoms with Crippen LogP contribution in [0.15, 0.2) is 52.3 Å². The van der Waals surface area contributed by atoms with Crippen molar-refractivity contribution in [1.29, 1.82) is 0 Å². The van der Waals surface area contributed by atoms with E-state index in [-0.39, 0.29) is 17.6 Å². The third kappa shape index (κ3) is 3.19. The number of halogens is 3. The van der Waals surface area contributed by atoms with Gasteiger partial charge in [0.2, 0.25) is 0 Å². The summed E-state index contributed by atoms with van der Waals surface area (Å²) in [5.74, 6) is 0.651. The summed E-state index contributed by atoms with van der Waals surface area (Å²) in [6.07, 6.45) is 0.567. The number of alkyl halides is 3. The number of hydrogen-bond donors (Lipinski definition) is 1. The topological polar surface area (TPSA) is 82.8 Å². The van der Waals surface area contributed by atoms with Crippen LogP contribution in [0.3, 0.4) is 0 Å². The standard InChI is InChI=1S/C18H14F3N5OS/c1-28-17-11(3-2-7-23-17)16-24-14(25-27-16)9-26-8-6-10-13(26)5-4-12(22)15(10)18(19,20)21/h2-8H,9,22H2,1H3. The Labute approximate surface area is 161 Å². The van der Waals surface area contributed by atoms with Gasteiger partial charge in [0.25, 0.3) is 5.89 Å². The first kappa shape index (κ1) is 18.4. The Bertz CT molecular complexity index is 1150. The maximum absolute atomic E-state index is 13.3. The van der Waals surface area contributed by atoms with Crippen molar-refractivity contribution in [2.24, 2.45) is 0 Å². The molecule has 0 saturated heterocycles. The van der Waals surface area contributed by atoms with Gasteiger partial charge in [-0.25, -0.2) is 4.98 Å². The van der Waals surface area contributed by atoms with E-state index >= 15 is 0 Å². The first-order valence-electron chi connectivity index (χ1n) is 8.15. The number of benzene rings is 1. The highest BCUT2D eigenvalue weighted by molar-refractivity contribution is 7.98. The predicted octanol–water partition coefficient (Wildman–Crippen LogP) is 4.46. The summed E-state index contributed by atoms with van der Waals surface area (Å²) in [7, 11) is 0. The second-order valence-electron chi connectivity index (χ2n) is 5.98. The van der Waals surface area contributed by atoms with E-state index in [4.69, 9.17) is 10.3 Å². The largest absolute Gasteiger partial charge is 0.419 e. The van der Waals surface area contributed by atoms with Crippen LogP contribution in [0.1, 0.15) is 11.4 Å². The van der Waals surface area contributed by atoms with E-state index in [1.165, 1.54) is 23.9 Å². The van der Waals surface area contributed by atoms with E-state index in [0.717, 1.165) is 5.03 Å². The van der Waals surface area contributed by atoms with Crippen molar-refractivity contribution in [1.82, 2.24) is 19.7 Å². The summed E-state index contributed by atoms with van der Waals surface area (Å²) < 4.78 is 47.0. The molecule has 2 N–H and O–H groups in total. The molecule has 10 heteroatoms. The fraction of sp³-hybridized carbons (Fsp3) is 0.167. The van der Waals surface area contributed by atoms with Gasteiger partial charge in [0.15, 0.2) is 5.82 Å². The number of rotatable bonds is 4. The van der Waals surface area contributed by atoms with E-state index in [1.54, 1.807) is 29.1 Å². The molecule has 4 aromatic rings. The number of anilines is 1. The number of pyridine rings is 1. The predicted molar refractivity (Wildman–Crippen MR) is 99.8 cm³/mol. The molecule has 0 radical (unpaired) electrons. The first-order valence-corrected chi connectivity index (χ1v) is 9.37. The van der Waals surface area contributed by atoms with Crippen molar-refractivity contribution in [2.45, 2.75) is 17.7 Å². The van der Waals surface area contributed by atoms with Crippen molar-refractivity contribution in [2.75, 3.05) is 12.0 Å². The summed E-state index contributed by atoms with van der Waals surface area (Å²) in [5.41, 5.74) is 5.51. The van der Waals surface area contributed by atoms with Gasteiger partial charge in [0, 0.05) is 29.0 Å². The van der Waals surface area contributed by atoms with Gasteiger partial charge >= 0.3 is 6.18 Å². The van der Waals surface area contributed by atoms with E-state index in [1.807, 2.05) is 12.3 Å². The van der Waals surface area contributed by atoms with Crippen LogP contribution in [-0.2, 0) is 12.7 Å². The zero-order valence-electron chi connectivity index (χ0n) is 14.6. The normalized spacial score (nSPS) is 12.0. The Morgan fingerprint density at radius 2 is 2.04 bits per heavy atom. The minimum atomic E-state index is -4.54. The lowest BCUT2D eigenvalue weighted by atomic mass is 10.1. The average molecular weight is 405 g/mol. The second-order valence-corrected chi connectivity index (χ2v) is 6.77. The Morgan fingerprint density at radius 1 is 1.21 bits per heavy atom. The van der Waals surface area contributed by atoms with Gasteiger partial charge in [-0.15, -0.1) is 11.8 Å². The van der Waals surface area contributed by atoms with Gasteiger partial charge in [0.05, 0.1) is 17.7 Å². The molecule has 3 aromatic heterocycles. The second kappa shape index (κ2) is 6.86. The maximum atomic E-state index is 13.3. The van der Waals surface area contributed by atoms with Gasteiger partial charge in [-0.3, -0.25) is 0 Å². The quantitative estimate of drug-likeness (QED) is 0.399. The van der Waals surface area contributed by atoms with Crippen LogP contribution in [0.4, 0.5) is 18.9 Å². The summed E-state index contributed by atoms with van der Waals surface area (Å²) in [5, 5.41) is 4.73. The van der Waals surface area contributed by atoms with Crippen LogP contribution in [0.25, 0.3) is 22.4 Å². The lowest BCUT2D eigenvalue weighted by Crippen LogP contribution is -2.09. The monoisotopic (exact) mass is 405 g/mol. The number of fused-ring (bicyclic) bond motifs is 1. The number of nitrogen functional groups attached to an aromatic ring is 1. The highest BCUT2D eigenvalue weighted by atomic mass is 32.2. The molecule has 0 bridgehead atoms. The maximum Gasteiger partial charge on any atom is 0.419 e. The van der Waals surface area contributed by atoms with Gasteiger partial charge in [-0.2, -0.15) is 18.2 Å². The molecule has 3 heterocycles. The molecule has 1 aromatic carbocycles. The zero-order chi connectivity index (χ0) is 19.9. The van der Waals surface area contributed by atoms with E-state index in [9.17, 15) is 13.2 Å². The van der Waals surface area contributed by atoms with E-state index < -0.39 is 11.7 Å². The molecular formula is C18H14F3N5OS. The van der Waals surface area contributed by atoms with Crippen molar-refractivity contribution in [3.63, 3.8) is 0 Å². The van der Waals surface area contributed by atoms with Crippen LogP contribution < -0.4 is 5.73 Å². The number of aromatic nitrogens is 4. The molecule has 144 valence electrons. The first-order chi connectivity index (χ1) is 13.4. The molecule has 28 heavy (non-hydrogen) atoms. The molecule has 0 spiro atoms. The van der Waals surface area contributed by atoms with Crippen molar-refractivity contribution >= 4 is 28.4 Å². The molecule has 0 fully saturated rings. The van der Waals surface area contributed by atoms with Gasteiger partial charge < -0.3 is 14.8 Å². The highest BCUT2D eigenvalue weighted by Gasteiger charge is 2.35. The summed E-state index contributed by atoms with van der Waals surface area (Å²) >= 11 is 1.45. The molecule has 0 unspecified atom stereocenters. The fourth-order valence-corrected chi connectivity index (χ4v) is 3.58. The third-order valence-electron chi connectivity index (χ3n) is 4.24. The lowest BCUT2D eigenvalue weighted by molar-refractivity contribution is -0.135. The fourth-order valence-electron chi connectivity index (χ4n) is 3.04. The van der Waals surface area contributed by atoms with Crippen molar-refractivity contribution in [3.05, 3.63) is 54.1 Å². The SMILES string of the molecule is CSc1ncccc1-c1nc(Cn2ccc3c(C(F)(F)F)c(N)ccc32)no1. The molecular weight excluding hydrogens is 391 g/mol. The Morgan fingerprint density at radius 3 is 2.79 bits per heavy atom. The molecule has 4 rings (SSSR count). The minimum Gasteiger partial charge on any atom is -0.398 e. The Kier molecular flexibility index (Phi) is 4.50. The molecule has 0 atom stereocenters. The lowest BCUT2D eigenvalue weighted by Gasteiger charge is -2.12. The smallest absolute Gasteiger partial charge is 0.398 e. The zero-order valence-corrected chi connectivity index (χ0v) is 15.4. The molecule has 6 nitrogen and oxygen atoms in total.